The molecule has 1 atom stereocenters. The van der Waals surface area contributed by atoms with Gasteiger partial charge in [0.25, 0.3) is 0 Å². The number of nitrogens with zero attached hydrogens (tertiary/aromatic N) is 4. The second-order valence-corrected chi connectivity index (χ2v) is 8.72. The molecule has 0 N–H and O–H groups in total. The lowest BCUT2D eigenvalue weighted by Gasteiger charge is -2.16. The Bertz CT molecular complexity index is 1770. The fraction of sp³-hybridized carbons (Fsp3) is 0.143. The number of hydrogen-bond donors (Lipinski definition) is 0. The van der Waals surface area contributed by atoms with Crippen LogP contribution in [0.1, 0.15) is 28.2 Å². The Labute approximate surface area is 221 Å². The summed E-state index contributed by atoms with van der Waals surface area (Å²) in [5.41, 5.74) is 2.29. The van der Waals surface area contributed by atoms with E-state index in [-0.39, 0.29) is 22.3 Å². The monoisotopic (exact) mass is 548 g/mol. The van der Waals surface area contributed by atoms with E-state index in [0.29, 0.717) is 27.8 Å². The van der Waals surface area contributed by atoms with Crippen molar-refractivity contribution in [2.24, 2.45) is 5.92 Å². The zero-order valence-corrected chi connectivity index (χ0v) is 19.6. The molecule has 5 rings (SSSR count). The van der Waals surface area contributed by atoms with Gasteiger partial charge in [-0.2, -0.15) is 21.0 Å². The molecule has 6 nitrogen and oxygen atoms in total. The van der Waals surface area contributed by atoms with E-state index in [0.717, 1.165) is 24.3 Å². The molecule has 1 unspecified atom stereocenters. The molecule has 0 saturated carbocycles. The van der Waals surface area contributed by atoms with Crippen molar-refractivity contribution in [2.75, 3.05) is 0 Å². The van der Waals surface area contributed by atoms with Crippen LogP contribution in [0, 0.1) is 51.2 Å². The molecule has 0 heterocycles. The molecule has 0 amide bonds. The molecule has 2 aliphatic carbocycles. The molecule has 40 heavy (non-hydrogen) atoms. The highest BCUT2D eigenvalue weighted by Gasteiger charge is 2.40. The molecule has 196 valence electrons. The molecule has 0 fully saturated rings. The number of benzene rings is 3. The van der Waals surface area contributed by atoms with E-state index in [1.165, 1.54) is 18.2 Å². The summed E-state index contributed by atoms with van der Waals surface area (Å²) in [6.45, 7) is 0. The predicted octanol–water partition coefficient (Wildman–Crippen LogP) is 7.09. The Hall–Kier alpha value is -5.46. The van der Waals surface area contributed by atoms with E-state index in [1.54, 1.807) is 18.2 Å². The zero-order chi connectivity index (χ0) is 29.0. The molecule has 2 aliphatic rings. The minimum atomic E-state index is -4.99. The number of hydrogen-bond acceptors (Lipinski definition) is 6. The summed E-state index contributed by atoms with van der Waals surface area (Å²) in [7, 11) is 0. The van der Waals surface area contributed by atoms with Gasteiger partial charge in [-0.25, -0.2) is 0 Å². The zero-order valence-electron chi connectivity index (χ0n) is 19.6. The molecular formula is C28H10F6N4O2. The fourth-order valence-corrected chi connectivity index (χ4v) is 5.20. The van der Waals surface area contributed by atoms with Gasteiger partial charge < -0.3 is 9.47 Å². The Morgan fingerprint density at radius 3 is 1.70 bits per heavy atom. The highest BCUT2D eigenvalue weighted by Crippen LogP contribution is 2.55. The molecule has 0 saturated heterocycles. The highest BCUT2D eigenvalue weighted by atomic mass is 19.4. The molecule has 0 aromatic heterocycles. The Morgan fingerprint density at radius 1 is 0.625 bits per heavy atom. The van der Waals surface area contributed by atoms with Crippen molar-refractivity contribution in [3.05, 3.63) is 76.4 Å². The van der Waals surface area contributed by atoms with Crippen LogP contribution >= 0.6 is 0 Å². The molecule has 3 aromatic rings. The second kappa shape index (κ2) is 9.08. The van der Waals surface area contributed by atoms with Crippen LogP contribution in [0.3, 0.4) is 0 Å². The van der Waals surface area contributed by atoms with Gasteiger partial charge in [-0.1, -0.05) is 12.1 Å². The molecule has 0 bridgehead atoms. The summed E-state index contributed by atoms with van der Waals surface area (Å²) in [5.74, 6) is -3.49. The van der Waals surface area contributed by atoms with E-state index < -0.39 is 41.6 Å². The number of allylic oxidation sites excluding steroid dienone is 1. The van der Waals surface area contributed by atoms with Crippen LogP contribution in [0.25, 0.3) is 27.8 Å². The number of halogens is 6. The van der Waals surface area contributed by atoms with Crippen molar-refractivity contribution in [1.82, 2.24) is 0 Å². The second-order valence-electron chi connectivity index (χ2n) is 8.72. The summed E-state index contributed by atoms with van der Waals surface area (Å²) in [6.07, 6.45) is -9.98. The minimum absolute atomic E-state index is 0.0201. The Kier molecular flexibility index (Phi) is 5.94. The van der Waals surface area contributed by atoms with Crippen LogP contribution in [0.5, 0.6) is 11.5 Å². The van der Waals surface area contributed by atoms with Crippen LogP contribution in [-0.4, -0.2) is 12.7 Å². The topological polar surface area (TPSA) is 114 Å². The van der Waals surface area contributed by atoms with Crippen LogP contribution in [0.2, 0.25) is 0 Å². The van der Waals surface area contributed by atoms with E-state index in [1.807, 2.05) is 12.1 Å². The summed E-state index contributed by atoms with van der Waals surface area (Å²) in [5, 5.41) is 38.6. The van der Waals surface area contributed by atoms with Gasteiger partial charge in [0.15, 0.2) is 0 Å². The lowest BCUT2D eigenvalue weighted by Crippen LogP contribution is -2.17. The van der Waals surface area contributed by atoms with Crippen molar-refractivity contribution >= 4 is 5.57 Å². The number of nitriles is 4. The average molecular weight is 548 g/mol. The van der Waals surface area contributed by atoms with E-state index in [4.69, 9.17) is 0 Å². The summed E-state index contributed by atoms with van der Waals surface area (Å²) < 4.78 is 85.4. The number of fused-ring (bicyclic) bond motifs is 6. The van der Waals surface area contributed by atoms with Gasteiger partial charge in [-0.05, 0) is 80.9 Å². The van der Waals surface area contributed by atoms with Gasteiger partial charge in [0.2, 0.25) is 0 Å². The smallest absolute Gasteiger partial charge is 0.406 e. The number of ether oxygens (including phenoxy) is 2. The molecular weight excluding hydrogens is 538 g/mol. The van der Waals surface area contributed by atoms with Crippen molar-refractivity contribution in [1.29, 1.82) is 21.0 Å². The lowest BCUT2D eigenvalue weighted by molar-refractivity contribution is -0.275. The first-order valence-electron chi connectivity index (χ1n) is 11.2. The largest absolute Gasteiger partial charge is 0.573 e. The van der Waals surface area contributed by atoms with Crippen LogP contribution in [-0.2, 0) is 0 Å². The van der Waals surface area contributed by atoms with Gasteiger partial charge in [0, 0.05) is 11.5 Å². The third-order valence-electron chi connectivity index (χ3n) is 6.55. The Balaban J connectivity index is 1.77. The predicted molar refractivity (Wildman–Crippen MR) is 124 cm³/mol. The third kappa shape index (κ3) is 4.32. The summed E-state index contributed by atoms with van der Waals surface area (Å²) >= 11 is 0. The summed E-state index contributed by atoms with van der Waals surface area (Å²) in [4.78, 5) is 0. The first-order valence-corrected chi connectivity index (χ1v) is 11.2. The van der Waals surface area contributed by atoms with E-state index in [2.05, 4.69) is 9.47 Å². The van der Waals surface area contributed by atoms with Gasteiger partial charge in [-0.15, -0.1) is 26.3 Å². The van der Waals surface area contributed by atoms with Gasteiger partial charge in [0.05, 0.1) is 12.1 Å². The van der Waals surface area contributed by atoms with Gasteiger partial charge in [-0.3, -0.25) is 0 Å². The lowest BCUT2D eigenvalue weighted by atomic mass is 9.84. The van der Waals surface area contributed by atoms with Crippen molar-refractivity contribution in [3.63, 3.8) is 0 Å². The van der Waals surface area contributed by atoms with Crippen LogP contribution in [0.4, 0.5) is 26.3 Å². The maximum Gasteiger partial charge on any atom is 0.573 e. The van der Waals surface area contributed by atoms with Gasteiger partial charge >= 0.3 is 12.7 Å². The standard InChI is InChI=1S/C28H10F6N4O2/c29-27(30,31)39-15-1-3-17-19-7-20-18-4-2-16(40-28(32,33)34)6-22(18)26(14(11-37)12-38)24(20)8-23(19)25(21(17)5-15)13(9-35)10-36/h1-8,13,25H. The molecule has 0 spiro atoms. The quantitative estimate of drug-likeness (QED) is 0.200. The Morgan fingerprint density at radius 2 is 1.15 bits per heavy atom. The number of alkyl halides is 6. The number of rotatable bonds is 3. The highest BCUT2D eigenvalue weighted by molar-refractivity contribution is 6.06. The maximum absolute atomic E-state index is 12.9. The normalized spacial score (nSPS) is 14.6. The first kappa shape index (κ1) is 26.2. The molecule has 0 radical (unpaired) electrons. The van der Waals surface area contributed by atoms with Crippen LogP contribution in [0.15, 0.2) is 54.1 Å². The maximum atomic E-state index is 12.9. The molecule has 3 aromatic carbocycles. The van der Waals surface area contributed by atoms with Crippen molar-refractivity contribution < 1.29 is 35.8 Å². The average Bonchev–Trinajstić information content (AvgIpc) is 3.34. The van der Waals surface area contributed by atoms with E-state index >= 15 is 0 Å². The van der Waals surface area contributed by atoms with Gasteiger partial charge in [0.1, 0.15) is 35.1 Å². The fourth-order valence-electron chi connectivity index (χ4n) is 5.20. The van der Waals surface area contributed by atoms with Crippen molar-refractivity contribution in [2.45, 2.75) is 18.6 Å². The SMILES string of the molecule is N#CC(C#N)=C1c2cc(OC(F)(F)F)ccc2-c2cc3c(cc21)C(C(C#N)C#N)c1cc(OC(F)(F)F)ccc1-3. The minimum Gasteiger partial charge on any atom is -0.406 e. The van der Waals surface area contributed by atoms with Crippen molar-refractivity contribution in [3.8, 4) is 58.0 Å². The molecule has 0 aliphatic heterocycles. The third-order valence-corrected chi connectivity index (χ3v) is 6.55. The summed E-state index contributed by atoms with van der Waals surface area (Å²) in [6, 6.07) is 17.3. The molecule has 12 heteroatoms. The first-order chi connectivity index (χ1) is 18.9. The van der Waals surface area contributed by atoms with Crippen LogP contribution < -0.4 is 9.47 Å². The van der Waals surface area contributed by atoms with E-state index in [9.17, 15) is 47.4 Å².